The summed E-state index contributed by atoms with van der Waals surface area (Å²) in [5, 5.41) is 4.53. The van der Waals surface area contributed by atoms with E-state index < -0.39 is 0 Å². The Labute approximate surface area is 102 Å². The van der Waals surface area contributed by atoms with E-state index in [9.17, 15) is 0 Å². The molecule has 2 rings (SSSR count). The molecule has 0 spiro atoms. The first-order chi connectivity index (χ1) is 8.11. The predicted molar refractivity (Wildman–Crippen MR) is 70.7 cm³/mol. The molecule has 0 unspecified atom stereocenters. The van der Waals surface area contributed by atoms with Crippen LogP contribution in [0.4, 0.5) is 0 Å². The van der Waals surface area contributed by atoms with Gasteiger partial charge in [-0.05, 0) is 38.0 Å². The van der Waals surface area contributed by atoms with E-state index in [0.717, 1.165) is 11.3 Å². The molecular formula is C14H19N3. The smallest absolute Gasteiger partial charge is 0.0672 e. The van der Waals surface area contributed by atoms with Crippen LogP contribution >= 0.6 is 0 Å². The van der Waals surface area contributed by atoms with Gasteiger partial charge in [-0.3, -0.25) is 4.68 Å². The van der Waals surface area contributed by atoms with Crippen LogP contribution in [0.3, 0.4) is 0 Å². The van der Waals surface area contributed by atoms with Gasteiger partial charge in [0.05, 0.1) is 5.69 Å². The fourth-order valence-electron chi connectivity index (χ4n) is 1.90. The van der Waals surface area contributed by atoms with Crippen LogP contribution in [-0.4, -0.2) is 9.78 Å². The van der Waals surface area contributed by atoms with E-state index in [4.69, 9.17) is 5.73 Å². The van der Waals surface area contributed by atoms with Gasteiger partial charge >= 0.3 is 0 Å². The van der Waals surface area contributed by atoms with E-state index in [-0.39, 0.29) is 0 Å². The molecule has 2 aromatic rings. The fourth-order valence-corrected chi connectivity index (χ4v) is 1.90. The van der Waals surface area contributed by atoms with Crippen LogP contribution in [0, 0.1) is 6.92 Å². The summed E-state index contributed by atoms with van der Waals surface area (Å²) < 4.78 is 2.00. The monoisotopic (exact) mass is 229 g/mol. The molecule has 0 fully saturated rings. The lowest BCUT2D eigenvalue weighted by Gasteiger charge is -2.03. The van der Waals surface area contributed by atoms with Gasteiger partial charge in [0.15, 0.2) is 0 Å². The van der Waals surface area contributed by atoms with Crippen LogP contribution in [0.1, 0.15) is 31.1 Å². The van der Waals surface area contributed by atoms with E-state index in [0.29, 0.717) is 12.6 Å². The molecule has 17 heavy (non-hydrogen) atoms. The molecule has 0 saturated heterocycles. The highest BCUT2D eigenvalue weighted by atomic mass is 15.3. The maximum Gasteiger partial charge on any atom is 0.0672 e. The van der Waals surface area contributed by atoms with Crippen LogP contribution in [0.5, 0.6) is 0 Å². The van der Waals surface area contributed by atoms with Gasteiger partial charge in [0.25, 0.3) is 0 Å². The van der Waals surface area contributed by atoms with Gasteiger partial charge in [0.2, 0.25) is 0 Å². The van der Waals surface area contributed by atoms with Crippen molar-refractivity contribution < 1.29 is 0 Å². The Morgan fingerprint density at radius 1 is 1.35 bits per heavy atom. The lowest BCUT2D eigenvalue weighted by Crippen LogP contribution is -2.00. The summed E-state index contributed by atoms with van der Waals surface area (Å²) in [4.78, 5) is 0. The predicted octanol–water partition coefficient (Wildman–Crippen LogP) is 2.90. The average molecular weight is 229 g/mol. The molecule has 90 valence electrons. The molecular weight excluding hydrogens is 210 g/mol. The Balaban J connectivity index is 2.45. The Morgan fingerprint density at radius 3 is 2.71 bits per heavy atom. The van der Waals surface area contributed by atoms with Crippen molar-refractivity contribution in [3.8, 4) is 11.1 Å². The number of nitrogens with two attached hydrogens (primary N) is 1. The Morgan fingerprint density at radius 2 is 2.12 bits per heavy atom. The Hall–Kier alpha value is -1.61. The third-order valence-corrected chi connectivity index (χ3v) is 2.92. The van der Waals surface area contributed by atoms with Gasteiger partial charge in [-0.1, -0.05) is 18.2 Å². The van der Waals surface area contributed by atoms with Crippen LogP contribution in [-0.2, 0) is 6.54 Å². The summed E-state index contributed by atoms with van der Waals surface area (Å²) in [6, 6.07) is 8.72. The second-order valence-electron chi connectivity index (χ2n) is 4.61. The second kappa shape index (κ2) is 4.72. The van der Waals surface area contributed by atoms with E-state index >= 15 is 0 Å². The number of rotatable bonds is 3. The highest BCUT2D eigenvalue weighted by molar-refractivity contribution is 5.65. The molecule has 0 bridgehead atoms. The van der Waals surface area contributed by atoms with Crippen molar-refractivity contribution in [1.82, 2.24) is 9.78 Å². The summed E-state index contributed by atoms with van der Waals surface area (Å²) in [6.45, 7) is 6.88. The highest BCUT2D eigenvalue weighted by Crippen LogP contribution is 2.24. The normalized spacial score (nSPS) is 11.1. The largest absolute Gasteiger partial charge is 0.326 e. The third kappa shape index (κ3) is 2.39. The first-order valence-electron chi connectivity index (χ1n) is 5.97. The Kier molecular flexibility index (Phi) is 3.29. The summed E-state index contributed by atoms with van der Waals surface area (Å²) >= 11 is 0. The molecule has 0 aliphatic heterocycles. The van der Waals surface area contributed by atoms with Crippen molar-refractivity contribution in [1.29, 1.82) is 0 Å². The van der Waals surface area contributed by atoms with Gasteiger partial charge in [-0.2, -0.15) is 5.10 Å². The molecule has 3 nitrogen and oxygen atoms in total. The van der Waals surface area contributed by atoms with Crippen molar-refractivity contribution in [3.05, 3.63) is 41.7 Å². The minimum absolute atomic E-state index is 0.389. The Bertz CT molecular complexity index is 512. The molecule has 1 aromatic heterocycles. The number of aryl methyl sites for hydroxylation is 1. The van der Waals surface area contributed by atoms with Gasteiger partial charge in [0, 0.05) is 24.3 Å². The number of aromatic nitrogens is 2. The molecule has 1 aromatic carbocycles. The lowest BCUT2D eigenvalue weighted by molar-refractivity contribution is 0.529. The maximum absolute atomic E-state index is 5.67. The van der Waals surface area contributed by atoms with Crippen molar-refractivity contribution in [2.75, 3.05) is 0 Å². The van der Waals surface area contributed by atoms with E-state index in [1.807, 2.05) is 23.7 Å². The first kappa shape index (κ1) is 11.9. The van der Waals surface area contributed by atoms with Crippen LogP contribution < -0.4 is 5.73 Å². The topological polar surface area (TPSA) is 43.8 Å². The molecule has 0 amide bonds. The number of hydrogen-bond donors (Lipinski definition) is 1. The standard InChI is InChI=1S/C14H19N3/c1-10(2)17-9-14(11(3)16-17)13-6-4-5-12(7-13)8-15/h4-7,9-10H,8,15H2,1-3H3. The summed E-state index contributed by atoms with van der Waals surface area (Å²) in [5.41, 5.74) is 10.3. The maximum atomic E-state index is 5.67. The molecule has 0 aliphatic carbocycles. The van der Waals surface area contributed by atoms with Crippen LogP contribution in [0.15, 0.2) is 30.5 Å². The molecule has 0 radical (unpaired) electrons. The fraction of sp³-hybridized carbons (Fsp3) is 0.357. The summed E-state index contributed by atoms with van der Waals surface area (Å²) in [6.07, 6.45) is 2.11. The summed E-state index contributed by atoms with van der Waals surface area (Å²) in [5.74, 6) is 0. The molecule has 2 N–H and O–H groups in total. The quantitative estimate of drug-likeness (QED) is 0.879. The van der Waals surface area contributed by atoms with Crippen LogP contribution in [0.2, 0.25) is 0 Å². The molecule has 1 heterocycles. The number of nitrogens with zero attached hydrogens (tertiary/aromatic N) is 2. The second-order valence-corrected chi connectivity index (χ2v) is 4.61. The molecule has 0 atom stereocenters. The number of benzene rings is 1. The van der Waals surface area contributed by atoms with E-state index in [1.54, 1.807) is 0 Å². The van der Waals surface area contributed by atoms with E-state index in [1.165, 1.54) is 11.1 Å². The van der Waals surface area contributed by atoms with Crippen LogP contribution in [0.25, 0.3) is 11.1 Å². The summed E-state index contributed by atoms with van der Waals surface area (Å²) in [7, 11) is 0. The highest BCUT2D eigenvalue weighted by Gasteiger charge is 2.09. The minimum atomic E-state index is 0.389. The van der Waals surface area contributed by atoms with E-state index in [2.05, 4.69) is 37.3 Å². The van der Waals surface area contributed by atoms with Gasteiger partial charge < -0.3 is 5.73 Å². The van der Waals surface area contributed by atoms with Gasteiger partial charge in [-0.25, -0.2) is 0 Å². The van der Waals surface area contributed by atoms with Crippen molar-refractivity contribution >= 4 is 0 Å². The van der Waals surface area contributed by atoms with Gasteiger partial charge in [-0.15, -0.1) is 0 Å². The number of hydrogen-bond acceptors (Lipinski definition) is 2. The van der Waals surface area contributed by atoms with Crippen molar-refractivity contribution in [2.24, 2.45) is 5.73 Å². The minimum Gasteiger partial charge on any atom is -0.326 e. The van der Waals surface area contributed by atoms with Crippen molar-refractivity contribution in [2.45, 2.75) is 33.4 Å². The zero-order chi connectivity index (χ0) is 12.4. The molecule has 0 aliphatic rings. The first-order valence-corrected chi connectivity index (χ1v) is 5.97. The molecule has 3 heteroatoms. The third-order valence-electron chi connectivity index (χ3n) is 2.92. The van der Waals surface area contributed by atoms with Gasteiger partial charge in [0.1, 0.15) is 0 Å². The SMILES string of the molecule is Cc1nn(C(C)C)cc1-c1cccc(CN)c1. The lowest BCUT2D eigenvalue weighted by atomic mass is 10.0. The zero-order valence-electron chi connectivity index (χ0n) is 10.6. The average Bonchev–Trinajstić information content (AvgIpc) is 2.72. The zero-order valence-corrected chi connectivity index (χ0v) is 10.6. The molecule has 0 saturated carbocycles. The van der Waals surface area contributed by atoms with Crippen molar-refractivity contribution in [3.63, 3.8) is 0 Å².